The summed E-state index contributed by atoms with van der Waals surface area (Å²) in [7, 11) is 1.71. The molecule has 0 saturated carbocycles. The molecule has 24 heavy (non-hydrogen) atoms. The van der Waals surface area contributed by atoms with E-state index in [1.54, 1.807) is 7.11 Å². The van der Waals surface area contributed by atoms with Crippen molar-refractivity contribution in [3.8, 4) is 0 Å². The molecule has 2 fully saturated rings. The first kappa shape index (κ1) is 17.4. The lowest BCUT2D eigenvalue weighted by Crippen LogP contribution is -2.45. The normalized spacial score (nSPS) is 25.2. The number of carbonyl (C=O) groups excluding carboxylic acids is 1. The summed E-state index contributed by atoms with van der Waals surface area (Å²) in [5.74, 6) is 0.840. The van der Waals surface area contributed by atoms with E-state index < -0.39 is 0 Å². The van der Waals surface area contributed by atoms with E-state index in [4.69, 9.17) is 9.47 Å². The van der Waals surface area contributed by atoms with Crippen LogP contribution in [0.3, 0.4) is 0 Å². The van der Waals surface area contributed by atoms with Gasteiger partial charge in [0.1, 0.15) is 0 Å². The van der Waals surface area contributed by atoms with Gasteiger partial charge in [-0.15, -0.1) is 0 Å². The van der Waals surface area contributed by atoms with Crippen molar-refractivity contribution in [2.45, 2.75) is 20.1 Å². The molecule has 1 aromatic rings. The van der Waals surface area contributed by atoms with Crippen molar-refractivity contribution in [1.82, 2.24) is 9.80 Å². The van der Waals surface area contributed by atoms with Gasteiger partial charge in [0.2, 0.25) is 5.91 Å². The number of rotatable bonds is 5. The molecule has 0 aromatic heterocycles. The highest BCUT2D eigenvalue weighted by Gasteiger charge is 2.37. The van der Waals surface area contributed by atoms with Crippen LogP contribution in [0.4, 0.5) is 0 Å². The highest BCUT2D eigenvalue weighted by atomic mass is 16.5. The van der Waals surface area contributed by atoms with E-state index in [0.717, 1.165) is 32.7 Å². The number of amides is 1. The maximum Gasteiger partial charge on any atom is 0.227 e. The van der Waals surface area contributed by atoms with Gasteiger partial charge in [-0.3, -0.25) is 9.69 Å². The third-order valence-corrected chi connectivity index (χ3v) is 5.07. The fourth-order valence-electron chi connectivity index (χ4n) is 3.70. The van der Waals surface area contributed by atoms with Crippen molar-refractivity contribution < 1.29 is 14.3 Å². The van der Waals surface area contributed by atoms with E-state index in [1.807, 2.05) is 4.90 Å². The van der Waals surface area contributed by atoms with E-state index in [9.17, 15) is 4.79 Å². The van der Waals surface area contributed by atoms with Crippen molar-refractivity contribution in [3.05, 3.63) is 35.4 Å². The maximum atomic E-state index is 12.8. The zero-order valence-electron chi connectivity index (χ0n) is 14.7. The maximum absolute atomic E-state index is 12.8. The monoisotopic (exact) mass is 332 g/mol. The highest BCUT2D eigenvalue weighted by Crippen LogP contribution is 2.26. The average Bonchev–Trinajstić information content (AvgIpc) is 2.97. The first-order valence-electron chi connectivity index (χ1n) is 8.83. The van der Waals surface area contributed by atoms with E-state index in [0.29, 0.717) is 31.6 Å². The van der Waals surface area contributed by atoms with Crippen LogP contribution in [0.1, 0.15) is 18.1 Å². The molecule has 1 amide bonds. The molecule has 3 rings (SSSR count). The largest absolute Gasteiger partial charge is 0.380 e. The summed E-state index contributed by atoms with van der Waals surface area (Å²) < 4.78 is 10.5. The molecule has 2 atom stereocenters. The molecule has 5 nitrogen and oxygen atoms in total. The molecule has 2 aliphatic rings. The van der Waals surface area contributed by atoms with Gasteiger partial charge < -0.3 is 14.4 Å². The lowest BCUT2D eigenvalue weighted by Gasteiger charge is -2.30. The Kier molecular flexibility index (Phi) is 5.87. The van der Waals surface area contributed by atoms with Gasteiger partial charge in [-0.2, -0.15) is 0 Å². The van der Waals surface area contributed by atoms with Crippen LogP contribution in [-0.4, -0.2) is 62.2 Å². The predicted octanol–water partition coefficient (Wildman–Crippen LogP) is 1.76. The molecule has 0 bridgehead atoms. The number of ether oxygens (including phenoxy) is 2. The summed E-state index contributed by atoms with van der Waals surface area (Å²) >= 11 is 0. The standard InChI is InChI=1S/C19H28N2O3/c1-15-11-20(12-16-3-5-17(6-4-16)14-23-2)13-18(15)19(22)21-7-9-24-10-8-21/h3-6,15,18H,7-14H2,1-2H3/t15-,18-/m1/s1. The van der Waals surface area contributed by atoms with Crippen LogP contribution in [0.25, 0.3) is 0 Å². The number of morpholine rings is 1. The number of hydrogen-bond acceptors (Lipinski definition) is 4. The molecule has 2 heterocycles. The van der Waals surface area contributed by atoms with Crippen LogP contribution in [-0.2, 0) is 27.4 Å². The summed E-state index contributed by atoms with van der Waals surface area (Å²) in [4.78, 5) is 17.1. The first-order chi connectivity index (χ1) is 11.7. The van der Waals surface area contributed by atoms with Gasteiger partial charge in [0, 0.05) is 39.8 Å². The Morgan fingerprint density at radius 2 is 1.83 bits per heavy atom. The number of hydrogen-bond donors (Lipinski definition) is 0. The Morgan fingerprint density at radius 3 is 2.50 bits per heavy atom. The van der Waals surface area contributed by atoms with Crippen molar-refractivity contribution in [2.24, 2.45) is 11.8 Å². The molecule has 0 unspecified atom stereocenters. The van der Waals surface area contributed by atoms with Gasteiger partial charge in [-0.25, -0.2) is 0 Å². The first-order valence-corrected chi connectivity index (χ1v) is 8.83. The Balaban J connectivity index is 1.55. The van der Waals surface area contributed by atoms with Crippen LogP contribution < -0.4 is 0 Å². The minimum Gasteiger partial charge on any atom is -0.380 e. The second kappa shape index (κ2) is 8.10. The van der Waals surface area contributed by atoms with E-state index >= 15 is 0 Å². The molecule has 2 saturated heterocycles. The smallest absolute Gasteiger partial charge is 0.227 e. The number of benzene rings is 1. The third kappa shape index (κ3) is 4.15. The van der Waals surface area contributed by atoms with Gasteiger partial charge >= 0.3 is 0 Å². The van der Waals surface area contributed by atoms with Gasteiger partial charge in [-0.05, 0) is 17.0 Å². The zero-order chi connectivity index (χ0) is 16.9. The minimum absolute atomic E-state index is 0.121. The minimum atomic E-state index is 0.121. The van der Waals surface area contributed by atoms with Crippen LogP contribution in [0.2, 0.25) is 0 Å². The molecule has 0 N–H and O–H groups in total. The Morgan fingerprint density at radius 1 is 1.17 bits per heavy atom. The summed E-state index contributed by atoms with van der Waals surface area (Å²) in [6.45, 7) is 8.42. The van der Waals surface area contributed by atoms with Crippen molar-refractivity contribution in [1.29, 1.82) is 0 Å². The van der Waals surface area contributed by atoms with Gasteiger partial charge in [0.05, 0.1) is 25.7 Å². The fourth-order valence-corrected chi connectivity index (χ4v) is 3.70. The second-order valence-electron chi connectivity index (χ2n) is 6.97. The lowest BCUT2D eigenvalue weighted by molar-refractivity contribution is -0.140. The number of nitrogens with zero attached hydrogens (tertiary/aromatic N) is 2. The molecular formula is C19H28N2O3. The van der Waals surface area contributed by atoms with Crippen LogP contribution in [0.15, 0.2) is 24.3 Å². The summed E-state index contributed by atoms with van der Waals surface area (Å²) in [6, 6.07) is 8.57. The lowest BCUT2D eigenvalue weighted by atomic mass is 9.96. The quantitative estimate of drug-likeness (QED) is 0.824. The van der Waals surface area contributed by atoms with Crippen LogP contribution >= 0.6 is 0 Å². The summed E-state index contributed by atoms with van der Waals surface area (Å²) in [5.41, 5.74) is 2.48. The molecule has 0 spiro atoms. The Hall–Kier alpha value is -1.43. The van der Waals surface area contributed by atoms with Crippen LogP contribution in [0, 0.1) is 11.8 Å². The van der Waals surface area contributed by atoms with Crippen molar-refractivity contribution >= 4 is 5.91 Å². The van der Waals surface area contributed by atoms with E-state index in [-0.39, 0.29) is 5.92 Å². The molecular weight excluding hydrogens is 304 g/mol. The Bertz CT molecular complexity index is 540. The highest BCUT2D eigenvalue weighted by molar-refractivity contribution is 5.79. The summed E-state index contributed by atoms with van der Waals surface area (Å²) in [5, 5.41) is 0. The molecule has 1 aromatic carbocycles. The van der Waals surface area contributed by atoms with Gasteiger partial charge in [0.15, 0.2) is 0 Å². The summed E-state index contributed by atoms with van der Waals surface area (Å²) in [6.07, 6.45) is 0. The molecule has 5 heteroatoms. The average molecular weight is 332 g/mol. The predicted molar refractivity (Wildman–Crippen MR) is 92.5 cm³/mol. The van der Waals surface area contributed by atoms with Crippen LogP contribution in [0.5, 0.6) is 0 Å². The number of likely N-dealkylation sites (tertiary alicyclic amines) is 1. The Labute approximate surface area is 144 Å². The van der Waals surface area contributed by atoms with E-state index in [2.05, 4.69) is 36.1 Å². The SMILES string of the molecule is COCc1ccc(CN2C[C@@H](C)[C@H](C(=O)N3CCOCC3)C2)cc1. The van der Waals surface area contributed by atoms with E-state index in [1.165, 1.54) is 11.1 Å². The zero-order valence-corrected chi connectivity index (χ0v) is 14.7. The molecule has 0 aliphatic carbocycles. The molecule has 0 radical (unpaired) electrons. The second-order valence-corrected chi connectivity index (χ2v) is 6.97. The number of carbonyl (C=O) groups is 1. The molecule has 2 aliphatic heterocycles. The fraction of sp³-hybridized carbons (Fsp3) is 0.632. The van der Waals surface area contributed by atoms with Gasteiger partial charge in [-0.1, -0.05) is 31.2 Å². The van der Waals surface area contributed by atoms with Gasteiger partial charge in [0.25, 0.3) is 0 Å². The molecule has 132 valence electrons. The topological polar surface area (TPSA) is 42.0 Å². The third-order valence-electron chi connectivity index (χ3n) is 5.07. The number of methoxy groups -OCH3 is 1. The van der Waals surface area contributed by atoms with Crippen molar-refractivity contribution in [3.63, 3.8) is 0 Å². The van der Waals surface area contributed by atoms with Crippen molar-refractivity contribution in [2.75, 3.05) is 46.5 Å².